The van der Waals surface area contributed by atoms with E-state index < -0.39 is 5.91 Å². The fraction of sp³-hybridized carbons (Fsp3) is 0.154. The molecule has 88 valence electrons. The minimum absolute atomic E-state index is 0.175. The lowest BCUT2D eigenvalue weighted by molar-refractivity contribution is 0.100. The van der Waals surface area contributed by atoms with E-state index in [1.54, 1.807) is 12.1 Å². The first-order valence-corrected chi connectivity index (χ1v) is 6.01. The number of hydrogen-bond donors (Lipinski definition) is 2. The minimum Gasteiger partial charge on any atom is -0.507 e. The summed E-state index contributed by atoms with van der Waals surface area (Å²) in [6.07, 6.45) is 0. The summed E-state index contributed by atoms with van der Waals surface area (Å²) in [5.74, 6) is -0.293. The highest BCUT2D eigenvalue weighted by Gasteiger charge is 2.16. The molecule has 17 heavy (non-hydrogen) atoms. The van der Waals surface area contributed by atoms with E-state index in [4.69, 9.17) is 5.73 Å². The molecule has 0 saturated heterocycles. The molecule has 3 nitrogen and oxygen atoms in total. The summed E-state index contributed by atoms with van der Waals surface area (Å²) >= 11 is 1.45. The van der Waals surface area contributed by atoms with Gasteiger partial charge < -0.3 is 10.8 Å². The maximum atomic E-state index is 11.3. The van der Waals surface area contributed by atoms with Gasteiger partial charge in [-0.15, -0.1) is 11.3 Å². The molecule has 4 heteroatoms. The van der Waals surface area contributed by atoms with E-state index in [0.717, 1.165) is 15.3 Å². The van der Waals surface area contributed by atoms with E-state index in [0.29, 0.717) is 11.1 Å². The van der Waals surface area contributed by atoms with Crippen molar-refractivity contribution < 1.29 is 9.90 Å². The lowest BCUT2D eigenvalue weighted by Crippen LogP contribution is -2.10. The van der Waals surface area contributed by atoms with E-state index >= 15 is 0 Å². The topological polar surface area (TPSA) is 63.3 Å². The Balaban J connectivity index is 2.63. The van der Waals surface area contributed by atoms with Crippen molar-refractivity contribution in [3.8, 4) is 16.2 Å². The first-order valence-electron chi connectivity index (χ1n) is 5.19. The molecule has 0 aliphatic heterocycles. The Morgan fingerprint density at radius 3 is 2.59 bits per heavy atom. The number of carbonyl (C=O) groups excluding carboxylic acids is 1. The molecule has 0 fully saturated rings. The van der Waals surface area contributed by atoms with Crippen molar-refractivity contribution in [3.05, 3.63) is 40.3 Å². The Hall–Kier alpha value is -1.81. The summed E-state index contributed by atoms with van der Waals surface area (Å²) in [7, 11) is 0. The molecular weight excluding hydrogens is 234 g/mol. The van der Waals surface area contributed by atoms with Crippen LogP contribution in [0.4, 0.5) is 0 Å². The van der Waals surface area contributed by atoms with Crippen LogP contribution in [-0.4, -0.2) is 11.0 Å². The molecule has 0 unspecified atom stereocenters. The van der Waals surface area contributed by atoms with E-state index in [9.17, 15) is 9.90 Å². The molecule has 1 amide bonds. The Labute approximate surface area is 104 Å². The van der Waals surface area contributed by atoms with Crippen molar-refractivity contribution in [1.29, 1.82) is 0 Å². The van der Waals surface area contributed by atoms with Gasteiger partial charge in [-0.3, -0.25) is 4.79 Å². The van der Waals surface area contributed by atoms with Gasteiger partial charge in [-0.1, -0.05) is 6.07 Å². The number of benzene rings is 1. The molecule has 2 rings (SSSR count). The molecule has 0 spiro atoms. The van der Waals surface area contributed by atoms with Gasteiger partial charge in [0.15, 0.2) is 0 Å². The second-order valence-electron chi connectivity index (χ2n) is 3.98. The molecule has 1 aromatic heterocycles. The Bertz CT molecular complexity index is 587. The number of hydrogen-bond acceptors (Lipinski definition) is 3. The van der Waals surface area contributed by atoms with Crippen molar-refractivity contribution in [1.82, 2.24) is 0 Å². The molecule has 3 N–H and O–H groups in total. The number of carbonyl (C=O) groups is 1. The van der Waals surface area contributed by atoms with Crippen molar-refractivity contribution in [2.45, 2.75) is 13.8 Å². The van der Waals surface area contributed by atoms with Crippen LogP contribution in [0.3, 0.4) is 0 Å². The van der Waals surface area contributed by atoms with E-state index in [2.05, 4.69) is 0 Å². The van der Waals surface area contributed by atoms with Gasteiger partial charge in [0, 0.05) is 10.4 Å². The minimum atomic E-state index is -0.468. The predicted octanol–water partition coefficient (Wildman–Crippen LogP) is 2.84. The van der Waals surface area contributed by atoms with Crippen LogP contribution in [0.15, 0.2) is 24.3 Å². The van der Waals surface area contributed by atoms with E-state index in [1.165, 1.54) is 11.3 Å². The Kier molecular flexibility index (Phi) is 2.90. The number of thiophene rings is 1. The Morgan fingerprint density at radius 1 is 1.29 bits per heavy atom. The zero-order valence-electron chi connectivity index (χ0n) is 9.65. The molecule has 2 aromatic rings. The van der Waals surface area contributed by atoms with Crippen LogP contribution >= 0.6 is 11.3 Å². The van der Waals surface area contributed by atoms with Gasteiger partial charge >= 0.3 is 0 Å². The van der Waals surface area contributed by atoms with E-state index in [1.807, 2.05) is 26.0 Å². The number of aryl methyl sites for hydroxylation is 2. The summed E-state index contributed by atoms with van der Waals surface area (Å²) in [6, 6.07) is 7.13. The Morgan fingerprint density at radius 2 is 2.00 bits per heavy atom. The van der Waals surface area contributed by atoms with Gasteiger partial charge in [0.2, 0.25) is 5.91 Å². The van der Waals surface area contributed by atoms with Gasteiger partial charge in [-0.2, -0.15) is 0 Å². The highest BCUT2D eigenvalue weighted by molar-refractivity contribution is 7.16. The van der Waals surface area contributed by atoms with Crippen molar-refractivity contribution >= 4 is 17.2 Å². The highest BCUT2D eigenvalue weighted by atomic mass is 32.1. The van der Waals surface area contributed by atoms with Gasteiger partial charge in [-0.05, 0) is 37.6 Å². The summed E-state index contributed by atoms with van der Waals surface area (Å²) in [5, 5.41) is 9.91. The second kappa shape index (κ2) is 4.22. The summed E-state index contributed by atoms with van der Waals surface area (Å²) in [5.41, 5.74) is 7.42. The van der Waals surface area contributed by atoms with Crippen LogP contribution in [-0.2, 0) is 0 Å². The summed E-state index contributed by atoms with van der Waals surface area (Å²) in [6.45, 7) is 3.81. The van der Waals surface area contributed by atoms with Gasteiger partial charge in [0.25, 0.3) is 0 Å². The third kappa shape index (κ3) is 2.17. The predicted molar refractivity (Wildman–Crippen MR) is 69.4 cm³/mol. The number of nitrogens with two attached hydrogens (primary N) is 1. The number of amides is 1. The summed E-state index contributed by atoms with van der Waals surface area (Å²) in [4.78, 5) is 13.1. The van der Waals surface area contributed by atoms with Crippen molar-refractivity contribution in [2.24, 2.45) is 5.73 Å². The number of aromatic hydroxyl groups is 1. The first-order chi connectivity index (χ1) is 7.99. The zero-order valence-corrected chi connectivity index (χ0v) is 10.5. The molecule has 0 atom stereocenters. The smallest absolute Gasteiger partial charge is 0.250 e. The maximum absolute atomic E-state index is 11.3. The maximum Gasteiger partial charge on any atom is 0.250 e. The number of phenols is 1. The van der Waals surface area contributed by atoms with Crippen LogP contribution in [0, 0.1) is 13.8 Å². The zero-order chi connectivity index (χ0) is 12.6. The molecule has 1 heterocycles. The lowest BCUT2D eigenvalue weighted by Gasteiger charge is -2.05. The highest BCUT2D eigenvalue weighted by Crippen LogP contribution is 2.37. The first kappa shape index (κ1) is 11.7. The fourth-order valence-electron chi connectivity index (χ4n) is 1.73. The monoisotopic (exact) mass is 247 g/mol. The van der Waals surface area contributed by atoms with Crippen LogP contribution in [0.1, 0.15) is 20.8 Å². The van der Waals surface area contributed by atoms with Gasteiger partial charge in [0.05, 0.1) is 10.4 Å². The third-order valence-electron chi connectivity index (χ3n) is 2.52. The molecular formula is C13H13NO2S. The molecule has 0 aliphatic rings. The van der Waals surface area contributed by atoms with Crippen LogP contribution in [0.2, 0.25) is 0 Å². The largest absolute Gasteiger partial charge is 0.507 e. The normalized spacial score (nSPS) is 10.5. The molecule has 0 radical (unpaired) electrons. The van der Waals surface area contributed by atoms with Crippen molar-refractivity contribution in [3.63, 3.8) is 0 Å². The average molecular weight is 247 g/mol. The van der Waals surface area contributed by atoms with Gasteiger partial charge in [0.1, 0.15) is 5.75 Å². The molecule has 0 bridgehead atoms. The third-order valence-corrected chi connectivity index (χ3v) is 3.60. The van der Waals surface area contributed by atoms with Crippen LogP contribution in [0.5, 0.6) is 5.75 Å². The molecule has 1 aromatic carbocycles. The fourth-order valence-corrected chi connectivity index (χ4v) is 2.78. The quantitative estimate of drug-likeness (QED) is 0.857. The number of phenolic OH excluding ortho intramolecular Hbond substituents is 1. The second-order valence-corrected chi connectivity index (χ2v) is 5.24. The number of rotatable bonds is 2. The standard InChI is InChI=1S/C13H13NO2S/c1-7-3-4-9(11(15)5-7)12-10(13(14)16)6-8(2)17-12/h3-6,15H,1-2H3,(H2,14,16). The van der Waals surface area contributed by atoms with E-state index in [-0.39, 0.29) is 5.75 Å². The SMILES string of the molecule is Cc1ccc(-c2sc(C)cc2C(N)=O)c(O)c1. The lowest BCUT2D eigenvalue weighted by atomic mass is 10.1. The number of primary amides is 1. The van der Waals surface area contributed by atoms with Crippen LogP contribution in [0.25, 0.3) is 10.4 Å². The average Bonchev–Trinajstić information content (AvgIpc) is 2.60. The molecule has 0 saturated carbocycles. The summed E-state index contributed by atoms with van der Waals surface area (Å²) < 4.78 is 0. The van der Waals surface area contributed by atoms with Crippen LogP contribution < -0.4 is 5.73 Å². The van der Waals surface area contributed by atoms with Gasteiger partial charge in [-0.25, -0.2) is 0 Å². The van der Waals surface area contributed by atoms with Crippen molar-refractivity contribution in [2.75, 3.05) is 0 Å². The molecule has 0 aliphatic carbocycles.